The van der Waals surface area contributed by atoms with Crippen LogP contribution in [0.3, 0.4) is 0 Å². The summed E-state index contributed by atoms with van der Waals surface area (Å²) >= 11 is 0. The quantitative estimate of drug-likeness (QED) is 0.717. The molecule has 7 nitrogen and oxygen atoms in total. The van der Waals surface area contributed by atoms with Gasteiger partial charge in [0.1, 0.15) is 6.61 Å². The number of hydrogen-bond acceptors (Lipinski definition) is 4. The van der Waals surface area contributed by atoms with Crippen molar-refractivity contribution in [1.29, 1.82) is 0 Å². The Labute approximate surface area is 150 Å². The molecule has 0 aliphatic carbocycles. The largest absolute Gasteiger partial charge is 0.377 e. The highest BCUT2D eigenvalue weighted by molar-refractivity contribution is 5.89. The maximum absolute atomic E-state index is 12.3. The number of nitrogens with one attached hydrogen (secondary N) is 2. The average molecular weight is 350 g/mol. The van der Waals surface area contributed by atoms with Crippen LogP contribution in [0.5, 0.6) is 0 Å². The molecule has 0 spiro atoms. The number of nitrogens with zero attached hydrogens (tertiary/aromatic N) is 2. The number of ether oxygens (including phenoxy) is 1. The first kappa shape index (κ1) is 20.8. The lowest BCUT2D eigenvalue weighted by Gasteiger charge is -2.26. The average Bonchev–Trinajstić information content (AvgIpc) is 2.54. The fraction of sp³-hybridized carbons (Fsp3) is 0.556. The van der Waals surface area contributed by atoms with Crippen LogP contribution in [0.4, 0.5) is 16.2 Å². The smallest absolute Gasteiger partial charge is 0.319 e. The van der Waals surface area contributed by atoms with Crippen molar-refractivity contribution in [3.8, 4) is 0 Å². The Bertz CT molecular complexity index is 575. The molecule has 1 aromatic carbocycles. The lowest BCUT2D eigenvalue weighted by Crippen LogP contribution is -2.34. The van der Waals surface area contributed by atoms with E-state index in [0.717, 1.165) is 17.7 Å². The molecular formula is C18H30N4O3. The summed E-state index contributed by atoms with van der Waals surface area (Å²) in [5, 5.41) is 5.52. The molecule has 0 atom stereocenters. The molecule has 1 aromatic rings. The molecule has 0 unspecified atom stereocenters. The van der Waals surface area contributed by atoms with Crippen molar-refractivity contribution in [3.05, 3.63) is 23.8 Å². The first-order chi connectivity index (χ1) is 11.9. The molecule has 140 valence electrons. The van der Waals surface area contributed by atoms with E-state index in [1.807, 2.05) is 51.0 Å². The highest BCUT2D eigenvalue weighted by Gasteiger charge is 2.16. The summed E-state index contributed by atoms with van der Waals surface area (Å²) < 4.78 is 4.98. The molecule has 7 heteroatoms. The van der Waals surface area contributed by atoms with Crippen molar-refractivity contribution >= 4 is 23.3 Å². The Morgan fingerprint density at radius 1 is 1.20 bits per heavy atom. The lowest BCUT2D eigenvalue weighted by atomic mass is 10.1. The van der Waals surface area contributed by atoms with Gasteiger partial charge in [0.25, 0.3) is 0 Å². The highest BCUT2D eigenvalue weighted by atomic mass is 16.5. The predicted octanol–water partition coefficient (Wildman–Crippen LogP) is 2.28. The third-order valence-corrected chi connectivity index (χ3v) is 3.63. The molecule has 0 saturated carbocycles. The van der Waals surface area contributed by atoms with Gasteiger partial charge in [-0.25, -0.2) is 4.79 Å². The zero-order valence-corrected chi connectivity index (χ0v) is 15.9. The van der Waals surface area contributed by atoms with E-state index in [2.05, 4.69) is 10.6 Å². The number of benzene rings is 1. The van der Waals surface area contributed by atoms with Crippen molar-refractivity contribution in [2.45, 2.75) is 26.8 Å². The molecule has 0 fully saturated rings. The number of methoxy groups -OCH3 is 1. The van der Waals surface area contributed by atoms with Crippen LogP contribution in [0.25, 0.3) is 0 Å². The summed E-state index contributed by atoms with van der Waals surface area (Å²) in [5.41, 5.74) is 2.67. The minimum atomic E-state index is -0.244. The molecule has 25 heavy (non-hydrogen) atoms. The van der Waals surface area contributed by atoms with Crippen LogP contribution in [-0.2, 0) is 16.1 Å². The maximum atomic E-state index is 12.3. The van der Waals surface area contributed by atoms with E-state index < -0.39 is 0 Å². The second kappa shape index (κ2) is 10.6. The van der Waals surface area contributed by atoms with Crippen molar-refractivity contribution < 1.29 is 14.3 Å². The van der Waals surface area contributed by atoms with Gasteiger partial charge in [-0.15, -0.1) is 0 Å². The minimum Gasteiger partial charge on any atom is -0.377 e. The van der Waals surface area contributed by atoms with Crippen molar-refractivity contribution in [1.82, 2.24) is 10.2 Å². The molecule has 2 N–H and O–H groups in total. The number of anilines is 2. The molecule has 1 rings (SSSR count). The van der Waals surface area contributed by atoms with E-state index >= 15 is 0 Å². The second-order valence-corrected chi connectivity index (χ2v) is 5.97. The van der Waals surface area contributed by atoms with Gasteiger partial charge >= 0.3 is 6.03 Å². The van der Waals surface area contributed by atoms with Crippen LogP contribution in [-0.4, -0.2) is 57.7 Å². The molecule has 0 saturated heterocycles. The van der Waals surface area contributed by atoms with E-state index in [4.69, 9.17) is 4.74 Å². The normalized spacial score (nSPS) is 10.3. The fourth-order valence-electron chi connectivity index (χ4n) is 2.54. The Hall–Kier alpha value is -2.28. The number of urea groups is 1. The van der Waals surface area contributed by atoms with Gasteiger partial charge < -0.3 is 25.2 Å². The van der Waals surface area contributed by atoms with Gasteiger partial charge in [-0.2, -0.15) is 0 Å². The number of rotatable bonds is 9. The Kier molecular flexibility index (Phi) is 8.77. The zero-order valence-electron chi connectivity index (χ0n) is 15.9. The molecule has 3 amide bonds. The Morgan fingerprint density at radius 2 is 1.92 bits per heavy atom. The van der Waals surface area contributed by atoms with Crippen LogP contribution in [0.15, 0.2) is 18.2 Å². The van der Waals surface area contributed by atoms with Gasteiger partial charge in [-0.05, 0) is 37.1 Å². The van der Waals surface area contributed by atoms with Gasteiger partial charge in [-0.1, -0.05) is 6.92 Å². The van der Waals surface area contributed by atoms with Crippen molar-refractivity contribution in [2.24, 2.45) is 0 Å². The van der Waals surface area contributed by atoms with Crippen LogP contribution >= 0.6 is 0 Å². The van der Waals surface area contributed by atoms with E-state index in [1.165, 1.54) is 7.11 Å². The van der Waals surface area contributed by atoms with Gasteiger partial charge in [-0.3, -0.25) is 4.79 Å². The van der Waals surface area contributed by atoms with E-state index in [9.17, 15) is 9.59 Å². The molecule has 0 aliphatic heterocycles. The molecule has 0 bridgehead atoms. The third kappa shape index (κ3) is 6.62. The number of amides is 3. The van der Waals surface area contributed by atoms with Gasteiger partial charge in [0.15, 0.2) is 0 Å². The SMILES string of the molecule is CCCN(Cc1cc(NC(=O)NCC)ccc1N(C)C)C(=O)COC. The first-order valence-electron chi connectivity index (χ1n) is 8.54. The van der Waals surface area contributed by atoms with E-state index in [-0.39, 0.29) is 18.5 Å². The topological polar surface area (TPSA) is 73.9 Å². The standard InChI is InChI=1S/C18H30N4O3/c1-6-10-22(17(23)13-25-5)12-14-11-15(20-18(24)19-7-2)8-9-16(14)21(3)4/h8-9,11H,6-7,10,12-13H2,1-5H3,(H2,19,20,24). The lowest BCUT2D eigenvalue weighted by molar-refractivity contribution is -0.135. The van der Waals surface area contributed by atoms with Gasteiger partial charge in [0, 0.05) is 52.2 Å². The first-order valence-corrected chi connectivity index (χ1v) is 8.54. The predicted molar refractivity (Wildman–Crippen MR) is 101 cm³/mol. The summed E-state index contributed by atoms with van der Waals surface area (Å²) in [4.78, 5) is 27.8. The van der Waals surface area contributed by atoms with Gasteiger partial charge in [0.2, 0.25) is 5.91 Å². The Morgan fingerprint density at radius 3 is 2.48 bits per heavy atom. The summed E-state index contributed by atoms with van der Waals surface area (Å²) in [5.74, 6) is -0.0452. The third-order valence-electron chi connectivity index (χ3n) is 3.63. The molecule has 0 aliphatic rings. The number of hydrogen-bond donors (Lipinski definition) is 2. The monoisotopic (exact) mass is 350 g/mol. The minimum absolute atomic E-state index is 0.0452. The van der Waals surface area contributed by atoms with Crippen molar-refractivity contribution in [3.63, 3.8) is 0 Å². The summed E-state index contributed by atoms with van der Waals surface area (Å²) in [6.45, 7) is 5.65. The van der Waals surface area contributed by atoms with Crippen LogP contribution in [0.1, 0.15) is 25.8 Å². The van der Waals surface area contributed by atoms with Crippen LogP contribution < -0.4 is 15.5 Å². The van der Waals surface area contributed by atoms with Gasteiger partial charge in [0.05, 0.1) is 0 Å². The molecule has 0 radical (unpaired) electrons. The fourth-order valence-corrected chi connectivity index (χ4v) is 2.54. The second-order valence-electron chi connectivity index (χ2n) is 5.97. The number of carbonyl (C=O) groups excluding carboxylic acids is 2. The summed E-state index contributed by atoms with van der Waals surface area (Å²) in [7, 11) is 5.43. The Balaban J connectivity index is 3.06. The molecule has 0 heterocycles. The maximum Gasteiger partial charge on any atom is 0.319 e. The van der Waals surface area contributed by atoms with Crippen LogP contribution in [0.2, 0.25) is 0 Å². The highest BCUT2D eigenvalue weighted by Crippen LogP contribution is 2.24. The van der Waals surface area contributed by atoms with Crippen molar-refractivity contribution in [2.75, 3.05) is 51.1 Å². The van der Waals surface area contributed by atoms with Crippen LogP contribution in [0, 0.1) is 0 Å². The van der Waals surface area contributed by atoms with E-state index in [1.54, 1.807) is 4.90 Å². The molecule has 0 aromatic heterocycles. The van der Waals surface area contributed by atoms with E-state index in [0.29, 0.717) is 25.3 Å². The zero-order chi connectivity index (χ0) is 18.8. The summed E-state index contributed by atoms with van der Waals surface area (Å²) in [6, 6.07) is 5.47. The molecular weight excluding hydrogens is 320 g/mol. The summed E-state index contributed by atoms with van der Waals surface area (Å²) in [6.07, 6.45) is 0.865. The number of carbonyl (C=O) groups is 2.